The topological polar surface area (TPSA) is 113 Å². The molecule has 0 spiro atoms. The van der Waals surface area contributed by atoms with Crippen molar-refractivity contribution < 1.29 is 9.59 Å². The quantitative estimate of drug-likeness (QED) is 0.725. The molecule has 0 fully saturated rings. The summed E-state index contributed by atoms with van der Waals surface area (Å²) in [5.41, 5.74) is 1.80. The van der Waals surface area contributed by atoms with Crippen molar-refractivity contribution in [3.63, 3.8) is 0 Å². The van der Waals surface area contributed by atoms with E-state index >= 15 is 0 Å². The highest BCUT2D eigenvalue weighted by Crippen LogP contribution is 2.17. The molecule has 2 rings (SSSR count). The number of carbonyl (C=O) groups excluding carboxylic acids is 2. The lowest BCUT2D eigenvalue weighted by Gasteiger charge is -2.08. The van der Waals surface area contributed by atoms with Crippen LogP contribution >= 0.6 is 0 Å². The Bertz CT molecular complexity index is 608. The maximum Gasteiger partial charge on any atom is 0.297 e. The number of benzene rings is 1. The lowest BCUT2D eigenvalue weighted by atomic mass is 10.1. The zero-order valence-corrected chi connectivity index (χ0v) is 10.4. The van der Waals surface area contributed by atoms with Crippen LogP contribution in [-0.2, 0) is 0 Å². The lowest BCUT2D eigenvalue weighted by Crippen LogP contribution is -2.19. The van der Waals surface area contributed by atoms with E-state index in [-0.39, 0.29) is 11.7 Å². The summed E-state index contributed by atoms with van der Waals surface area (Å²) in [6.07, 6.45) is 0. The summed E-state index contributed by atoms with van der Waals surface area (Å²) in [4.78, 5) is 23.3. The van der Waals surface area contributed by atoms with Gasteiger partial charge in [-0.25, -0.2) is 0 Å². The molecule has 0 aliphatic carbocycles. The number of aromatic amines is 1. The molecule has 0 radical (unpaired) electrons. The average Bonchev–Trinajstić information content (AvgIpc) is 2.94. The largest absolute Gasteiger partial charge is 0.355 e. The first-order chi connectivity index (χ1) is 9.11. The van der Waals surface area contributed by atoms with E-state index in [1.807, 2.05) is 6.92 Å². The van der Waals surface area contributed by atoms with Crippen LogP contribution in [0.4, 0.5) is 5.69 Å². The van der Waals surface area contributed by atoms with E-state index in [9.17, 15) is 9.59 Å². The number of H-pyrrole nitrogens is 1. The van der Waals surface area contributed by atoms with Crippen LogP contribution in [-0.4, -0.2) is 39.5 Å². The number of anilines is 1. The van der Waals surface area contributed by atoms with Gasteiger partial charge >= 0.3 is 0 Å². The number of aryl methyl sites for hydroxylation is 1. The van der Waals surface area contributed by atoms with Crippen molar-refractivity contribution in [2.75, 3.05) is 12.4 Å². The summed E-state index contributed by atoms with van der Waals surface area (Å²) in [6, 6.07) is 5.01. The lowest BCUT2D eigenvalue weighted by molar-refractivity contribution is 0.0961. The third kappa shape index (κ3) is 2.73. The minimum Gasteiger partial charge on any atom is -0.355 e. The molecule has 0 bridgehead atoms. The Kier molecular flexibility index (Phi) is 3.51. The standard InChI is InChI=1S/C11H12N6O2/c1-6-3-4-7(10(18)12-2)5-8(6)13-11(19)9-14-16-17-15-9/h3-5H,1-2H3,(H,12,18)(H,13,19)(H,14,15,16,17). The van der Waals surface area contributed by atoms with Gasteiger partial charge in [0.15, 0.2) is 0 Å². The van der Waals surface area contributed by atoms with Gasteiger partial charge in [0.05, 0.1) is 0 Å². The molecule has 0 saturated heterocycles. The Morgan fingerprint density at radius 1 is 1.26 bits per heavy atom. The van der Waals surface area contributed by atoms with Crippen molar-refractivity contribution in [3.8, 4) is 0 Å². The Morgan fingerprint density at radius 2 is 2.05 bits per heavy atom. The number of carbonyl (C=O) groups is 2. The number of amides is 2. The second-order valence-electron chi connectivity index (χ2n) is 3.80. The van der Waals surface area contributed by atoms with Gasteiger partial charge in [0, 0.05) is 18.3 Å². The summed E-state index contributed by atoms with van der Waals surface area (Å²) >= 11 is 0. The molecule has 2 aromatic rings. The smallest absolute Gasteiger partial charge is 0.297 e. The summed E-state index contributed by atoms with van der Waals surface area (Å²) in [5, 5.41) is 17.8. The molecule has 1 aromatic heterocycles. The van der Waals surface area contributed by atoms with Crippen molar-refractivity contribution in [2.45, 2.75) is 6.92 Å². The predicted molar refractivity (Wildman–Crippen MR) is 66.7 cm³/mol. The number of tetrazole rings is 1. The molecule has 3 N–H and O–H groups in total. The molecule has 0 unspecified atom stereocenters. The zero-order chi connectivity index (χ0) is 13.8. The maximum absolute atomic E-state index is 11.8. The van der Waals surface area contributed by atoms with Gasteiger partial charge in [0.25, 0.3) is 17.6 Å². The summed E-state index contributed by atoms with van der Waals surface area (Å²) in [6.45, 7) is 1.82. The van der Waals surface area contributed by atoms with Gasteiger partial charge < -0.3 is 10.6 Å². The molecule has 8 nitrogen and oxygen atoms in total. The SMILES string of the molecule is CNC(=O)c1ccc(C)c(NC(=O)c2nn[nH]n2)c1. The predicted octanol–water partition coefficient (Wildman–Crippen LogP) is 0.120. The number of nitrogens with zero attached hydrogens (tertiary/aromatic N) is 3. The average molecular weight is 260 g/mol. The highest BCUT2D eigenvalue weighted by Gasteiger charge is 2.13. The van der Waals surface area contributed by atoms with Crippen LogP contribution in [0.2, 0.25) is 0 Å². The normalized spacial score (nSPS) is 10.0. The summed E-state index contributed by atoms with van der Waals surface area (Å²) in [7, 11) is 1.54. The molecule has 2 amide bonds. The summed E-state index contributed by atoms with van der Waals surface area (Å²) < 4.78 is 0. The first kappa shape index (κ1) is 12.7. The minimum atomic E-state index is -0.495. The van der Waals surface area contributed by atoms with Crippen molar-refractivity contribution in [2.24, 2.45) is 0 Å². The maximum atomic E-state index is 11.8. The second-order valence-corrected chi connectivity index (χ2v) is 3.80. The van der Waals surface area contributed by atoms with E-state index in [4.69, 9.17) is 0 Å². The minimum absolute atomic E-state index is 0.0650. The van der Waals surface area contributed by atoms with Gasteiger partial charge in [-0.2, -0.15) is 5.21 Å². The molecule has 0 atom stereocenters. The van der Waals surface area contributed by atoms with Crippen molar-refractivity contribution in [1.82, 2.24) is 25.9 Å². The number of hydrogen-bond acceptors (Lipinski definition) is 5. The Labute approximate surface area is 108 Å². The third-order valence-electron chi connectivity index (χ3n) is 2.52. The van der Waals surface area contributed by atoms with Gasteiger partial charge in [0.2, 0.25) is 0 Å². The summed E-state index contributed by atoms with van der Waals surface area (Å²) in [5.74, 6) is -0.786. The first-order valence-corrected chi connectivity index (χ1v) is 5.49. The molecule has 19 heavy (non-hydrogen) atoms. The molecule has 0 saturated carbocycles. The Hall–Kier alpha value is -2.77. The second kappa shape index (κ2) is 5.25. The van der Waals surface area contributed by atoms with Crippen molar-refractivity contribution in [1.29, 1.82) is 0 Å². The molecule has 0 aliphatic rings. The molecular weight excluding hydrogens is 248 g/mol. The van der Waals surface area contributed by atoms with Crippen LogP contribution in [0.1, 0.15) is 26.5 Å². The van der Waals surface area contributed by atoms with E-state index in [1.54, 1.807) is 25.2 Å². The first-order valence-electron chi connectivity index (χ1n) is 5.49. The number of hydrogen-bond donors (Lipinski definition) is 3. The highest BCUT2D eigenvalue weighted by molar-refractivity contribution is 6.03. The van der Waals surface area contributed by atoms with E-state index < -0.39 is 5.91 Å². The fraction of sp³-hybridized carbons (Fsp3) is 0.182. The van der Waals surface area contributed by atoms with Crippen molar-refractivity contribution >= 4 is 17.5 Å². The number of nitrogens with one attached hydrogen (secondary N) is 3. The number of rotatable bonds is 3. The van der Waals surface area contributed by atoms with E-state index in [0.717, 1.165) is 5.56 Å². The van der Waals surface area contributed by atoms with Crippen LogP contribution < -0.4 is 10.6 Å². The Balaban J connectivity index is 2.24. The zero-order valence-electron chi connectivity index (χ0n) is 10.4. The molecule has 1 aromatic carbocycles. The van der Waals surface area contributed by atoms with Crippen LogP contribution in [0.25, 0.3) is 0 Å². The highest BCUT2D eigenvalue weighted by atomic mass is 16.2. The van der Waals surface area contributed by atoms with Crippen LogP contribution in [0, 0.1) is 6.92 Å². The monoisotopic (exact) mass is 260 g/mol. The fourth-order valence-electron chi connectivity index (χ4n) is 1.48. The van der Waals surface area contributed by atoms with Crippen LogP contribution in [0.3, 0.4) is 0 Å². The van der Waals surface area contributed by atoms with Gasteiger partial charge in [-0.15, -0.1) is 10.2 Å². The Morgan fingerprint density at radius 3 is 2.68 bits per heavy atom. The van der Waals surface area contributed by atoms with Gasteiger partial charge in [0.1, 0.15) is 0 Å². The third-order valence-corrected chi connectivity index (χ3v) is 2.52. The molecule has 1 heterocycles. The molecule has 98 valence electrons. The van der Waals surface area contributed by atoms with E-state index in [0.29, 0.717) is 11.3 Å². The van der Waals surface area contributed by atoms with Crippen LogP contribution in [0.5, 0.6) is 0 Å². The van der Waals surface area contributed by atoms with Gasteiger partial charge in [-0.3, -0.25) is 9.59 Å². The van der Waals surface area contributed by atoms with E-state index in [2.05, 4.69) is 31.3 Å². The van der Waals surface area contributed by atoms with Gasteiger partial charge in [-0.1, -0.05) is 6.07 Å². The van der Waals surface area contributed by atoms with Crippen LogP contribution in [0.15, 0.2) is 18.2 Å². The molecular formula is C11H12N6O2. The fourth-order valence-corrected chi connectivity index (χ4v) is 1.48. The van der Waals surface area contributed by atoms with E-state index in [1.165, 1.54) is 0 Å². The van der Waals surface area contributed by atoms with Gasteiger partial charge in [-0.05, 0) is 29.8 Å². The molecule has 8 heteroatoms. The number of aromatic nitrogens is 4. The molecule has 0 aliphatic heterocycles. The van der Waals surface area contributed by atoms with Crippen molar-refractivity contribution in [3.05, 3.63) is 35.2 Å².